The zero-order valence-electron chi connectivity index (χ0n) is 8.29. The van der Waals surface area contributed by atoms with Gasteiger partial charge in [0.2, 0.25) is 6.79 Å². The Hall–Kier alpha value is -1.79. The highest BCUT2D eigenvalue weighted by molar-refractivity contribution is 5.74. The van der Waals surface area contributed by atoms with E-state index in [1.165, 1.54) is 6.07 Å². The minimum atomic E-state index is -1.36. The molecule has 2 atom stereocenters. The monoisotopic (exact) mass is 225 g/mol. The van der Waals surface area contributed by atoms with Crippen LogP contribution < -0.4 is 15.2 Å². The van der Waals surface area contributed by atoms with Crippen LogP contribution in [-0.2, 0) is 4.79 Å². The highest BCUT2D eigenvalue weighted by atomic mass is 16.7. The van der Waals surface area contributed by atoms with E-state index >= 15 is 0 Å². The van der Waals surface area contributed by atoms with Crippen LogP contribution in [0.5, 0.6) is 11.5 Å². The average Bonchev–Trinajstić information content (AvgIpc) is 2.73. The lowest BCUT2D eigenvalue weighted by molar-refractivity contribution is -0.141. The molecule has 4 N–H and O–H groups in total. The molecule has 1 aliphatic rings. The number of nitrogens with two attached hydrogens (primary N) is 1. The smallest absolute Gasteiger partial charge is 0.323 e. The van der Waals surface area contributed by atoms with Crippen LogP contribution in [0, 0.1) is 0 Å². The molecule has 1 heterocycles. The molecule has 0 aromatic heterocycles. The number of hydrogen-bond acceptors (Lipinski definition) is 5. The molecule has 16 heavy (non-hydrogen) atoms. The fourth-order valence-electron chi connectivity index (χ4n) is 1.44. The SMILES string of the molecule is N[C@@H](C(=O)O)[C@H](O)c1ccc2c(c1)OCO2. The van der Waals surface area contributed by atoms with Crippen molar-refractivity contribution in [1.29, 1.82) is 0 Å². The molecule has 0 spiro atoms. The van der Waals surface area contributed by atoms with Crippen LogP contribution >= 0.6 is 0 Å². The average molecular weight is 225 g/mol. The van der Waals surface area contributed by atoms with Gasteiger partial charge in [-0.25, -0.2) is 0 Å². The Morgan fingerprint density at radius 2 is 2.06 bits per heavy atom. The van der Waals surface area contributed by atoms with E-state index in [1.807, 2.05) is 0 Å². The molecular weight excluding hydrogens is 214 g/mol. The standard InChI is InChI=1S/C10H11NO5/c11-8(10(13)14)9(12)5-1-2-6-7(3-5)16-4-15-6/h1-3,8-9,12H,4,11H2,(H,13,14)/t8-,9-/m1/s1. The normalized spacial score (nSPS) is 16.9. The van der Waals surface area contributed by atoms with Crippen molar-refractivity contribution < 1.29 is 24.5 Å². The molecule has 0 bridgehead atoms. The van der Waals surface area contributed by atoms with Gasteiger partial charge in [-0.3, -0.25) is 4.79 Å². The van der Waals surface area contributed by atoms with E-state index in [-0.39, 0.29) is 6.79 Å². The molecule has 0 aliphatic carbocycles. The first-order chi connectivity index (χ1) is 7.59. The van der Waals surface area contributed by atoms with Crippen LogP contribution in [0.4, 0.5) is 0 Å². The van der Waals surface area contributed by atoms with E-state index in [0.29, 0.717) is 17.1 Å². The Balaban J connectivity index is 2.24. The van der Waals surface area contributed by atoms with Crippen molar-refractivity contribution in [2.45, 2.75) is 12.1 Å². The molecular formula is C10H11NO5. The summed E-state index contributed by atoms with van der Waals surface area (Å²) in [6.45, 7) is 0.125. The van der Waals surface area contributed by atoms with Crippen LogP contribution in [0.15, 0.2) is 18.2 Å². The van der Waals surface area contributed by atoms with Gasteiger partial charge in [-0.2, -0.15) is 0 Å². The summed E-state index contributed by atoms with van der Waals surface area (Å²) in [5, 5.41) is 18.4. The second-order valence-corrected chi connectivity index (χ2v) is 3.42. The molecule has 86 valence electrons. The number of hydrogen-bond donors (Lipinski definition) is 3. The van der Waals surface area contributed by atoms with Gasteiger partial charge < -0.3 is 25.4 Å². The molecule has 0 unspecified atom stereocenters. The minimum absolute atomic E-state index is 0.125. The van der Waals surface area contributed by atoms with Crippen molar-refractivity contribution in [2.75, 3.05) is 6.79 Å². The zero-order chi connectivity index (χ0) is 11.7. The Bertz CT molecular complexity index is 420. The molecule has 6 nitrogen and oxygen atoms in total. The summed E-state index contributed by atoms with van der Waals surface area (Å²) in [6, 6.07) is 3.33. The van der Waals surface area contributed by atoms with Gasteiger partial charge in [0.15, 0.2) is 11.5 Å². The number of ether oxygens (including phenoxy) is 2. The van der Waals surface area contributed by atoms with Crippen LogP contribution in [0.2, 0.25) is 0 Å². The molecule has 6 heteroatoms. The van der Waals surface area contributed by atoms with Crippen LogP contribution in [0.1, 0.15) is 11.7 Å². The lowest BCUT2D eigenvalue weighted by atomic mass is 10.0. The number of carbonyl (C=O) groups is 1. The fraction of sp³-hybridized carbons (Fsp3) is 0.300. The first-order valence-electron chi connectivity index (χ1n) is 4.65. The third-order valence-corrected chi connectivity index (χ3v) is 2.36. The second-order valence-electron chi connectivity index (χ2n) is 3.42. The highest BCUT2D eigenvalue weighted by Crippen LogP contribution is 2.34. The van der Waals surface area contributed by atoms with Gasteiger partial charge >= 0.3 is 5.97 Å². The molecule has 0 fully saturated rings. The predicted octanol–water partition coefficient (Wildman–Crippen LogP) is -0.139. The number of carboxylic acid groups (broad SMARTS) is 1. The quantitative estimate of drug-likeness (QED) is 0.661. The summed E-state index contributed by atoms with van der Waals surface area (Å²) in [5.41, 5.74) is 5.70. The Morgan fingerprint density at radius 1 is 1.38 bits per heavy atom. The van der Waals surface area contributed by atoms with E-state index in [1.54, 1.807) is 12.1 Å². The van der Waals surface area contributed by atoms with Gasteiger partial charge in [0.25, 0.3) is 0 Å². The number of rotatable bonds is 3. The number of fused-ring (bicyclic) bond motifs is 1. The van der Waals surface area contributed by atoms with Gasteiger partial charge in [0, 0.05) is 0 Å². The lowest BCUT2D eigenvalue weighted by Crippen LogP contribution is -2.36. The molecule has 0 amide bonds. The van der Waals surface area contributed by atoms with Crippen molar-refractivity contribution in [3.05, 3.63) is 23.8 Å². The Labute approximate surface area is 91.2 Å². The number of carboxylic acids is 1. The maximum Gasteiger partial charge on any atom is 0.323 e. The first kappa shape index (κ1) is 10.7. The van der Waals surface area contributed by atoms with E-state index in [2.05, 4.69) is 0 Å². The van der Waals surface area contributed by atoms with Gasteiger partial charge in [0.05, 0.1) is 0 Å². The summed E-state index contributed by atoms with van der Waals surface area (Å²) in [5.74, 6) is -0.209. The van der Waals surface area contributed by atoms with Gasteiger partial charge in [-0.1, -0.05) is 6.07 Å². The van der Waals surface area contributed by atoms with Crippen LogP contribution in [0.3, 0.4) is 0 Å². The van der Waals surface area contributed by atoms with Gasteiger partial charge in [0.1, 0.15) is 12.1 Å². The summed E-state index contributed by atoms with van der Waals surface area (Å²) >= 11 is 0. The van der Waals surface area contributed by atoms with Crippen molar-refractivity contribution in [3.8, 4) is 11.5 Å². The number of aliphatic hydroxyl groups excluding tert-OH is 1. The first-order valence-corrected chi connectivity index (χ1v) is 4.65. The van der Waals surface area contributed by atoms with Crippen LogP contribution in [-0.4, -0.2) is 29.0 Å². The second kappa shape index (κ2) is 3.99. The van der Waals surface area contributed by atoms with Gasteiger partial charge in [-0.05, 0) is 17.7 Å². The van der Waals surface area contributed by atoms with Crippen LogP contribution in [0.25, 0.3) is 0 Å². The fourth-order valence-corrected chi connectivity index (χ4v) is 1.44. The molecule has 1 aromatic carbocycles. The van der Waals surface area contributed by atoms with E-state index in [4.69, 9.17) is 20.3 Å². The number of aliphatic carboxylic acids is 1. The third-order valence-electron chi connectivity index (χ3n) is 2.36. The summed E-state index contributed by atoms with van der Waals surface area (Å²) < 4.78 is 10.2. The largest absolute Gasteiger partial charge is 0.480 e. The molecule has 0 radical (unpaired) electrons. The minimum Gasteiger partial charge on any atom is -0.480 e. The van der Waals surface area contributed by atoms with E-state index in [0.717, 1.165) is 0 Å². The van der Waals surface area contributed by atoms with Gasteiger partial charge in [-0.15, -0.1) is 0 Å². The number of benzene rings is 1. The third kappa shape index (κ3) is 1.80. The molecule has 0 saturated carbocycles. The van der Waals surface area contributed by atoms with Crippen molar-refractivity contribution in [1.82, 2.24) is 0 Å². The van der Waals surface area contributed by atoms with Crippen molar-refractivity contribution in [3.63, 3.8) is 0 Å². The Kier molecular flexibility index (Phi) is 2.67. The zero-order valence-corrected chi connectivity index (χ0v) is 8.29. The molecule has 1 aliphatic heterocycles. The summed E-state index contributed by atoms with van der Waals surface area (Å²) in [7, 11) is 0. The predicted molar refractivity (Wildman–Crippen MR) is 53.1 cm³/mol. The van der Waals surface area contributed by atoms with E-state index < -0.39 is 18.1 Å². The summed E-state index contributed by atoms with van der Waals surface area (Å²) in [6.07, 6.45) is -1.27. The van der Waals surface area contributed by atoms with Crippen molar-refractivity contribution in [2.24, 2.45) is 5.73 Å². The molecule has 2 rings (SSSR count). The summed E-state index contributed by atoms with van der Waals surface area (Å²) in [4.78, 5) is 10.6. The topological polar surface area (TPSA) is 102 Å². The molecule has 1 aromatic rings. The highest BCUT2D eigenvalue weighted by Gasteiger charge is 2.25. The Morgan fingerprint density at radius 3 is 2.75 bits per heavy atom. The maximum absolute atomic E-state index is 10.6. The maximum atomic E-state index is 10.6. The lowest BCUT2D eigenvalue weighted by Gasteiger charge is -2.15. The number of aliphatic hydroxyl groups is 1. The molecule has 0 saturated heterocycles. The van der Waals surface area contributed by atoms with Crippen molar-refractivity contribution >= 4 is 5.97 Å². The van der Waals surface area contributed by atoms with E-state index in [9.17, 15) is 9.90 Å².